The first kappa shape index (κ1) is 17.6. The van der Waals surface area contributed by atoms with Crippen LogP contribution in [0.4, 0.5) is 0 Å². The van der Waals surface area contributed by atoms with E-state index in [1.165, 1.54) is 0 Å². The SMILES string of the molecule is COc1cc(C(=O)NC[C@@](C)(OC)C2CC2)ccc1OC(C)C. The Morgan fingerprint density at radius 1 is 1.30 bits per heavy atom. The fraction of sp³-hybridized carbons (Fsp3) is 0.611. The van der Waals surface area contributed by atoms with Crippen LogP contribution in [0.1, 0.15) is 44.0 Å². The summed E-state index contributed by atoms with van der Waals surface area (Å²) >= 11 is 0. The van der Waals surface area contributed by atoms with Crippen molar-refractivity contribution in [2.75, 3.05) is 20.8 Å². The van der Waals surface area contributed by atoms with Crippen LogP contribution in [0.15, 0.2) is 18.2 Å². The number of rotatable bonds is 8. The van der Waals surface area contributed by atoms with E-state index >= 15 is 0 Å². The third-order valence-corrected chi connectivity index (χ3v) is 4.30. The minimum atomic E-state index is -0.291. The number of ether oxygens (including phenoxy) is 3. The minimum Gasteiger partial charge on any atom is -0.493 e. The van der Waals surface area contributed by atoms with Crippen LogP contribution < -0.4 is 14.8 Å². The van der Waals surface area contributed by atoms with Crippen molar-refractivity contribution in [1.29, 1.82) is 0 Å². The maximum absolute atomic E-state index is 12.4. The number of methoxy groups -OCH3 is 2. The number of hydrogen-bond acceptors (Lipinski definition) is 4. The highest BCUT2D eigenvalue weighted by Crippen LogP contribution is 2.41. The van der Waals surface area contributed by atoms with Crippen molar-refractivity contribution in [2.45, 2.75) is 45.3 Å². The van der Waals surface area contributed by atoms with Crippen LogP contribution in [0.3, 0.4) is 0 Å². The van der Waals surface area contributed by atoms with Crippen molar-refractivity contribution in [2.24, 2.45) is 5.92 Å². The molecule has 1 N–H and O–H groups in total. The highest BCUT2D eigenvalue weighted by molar-refractivity contribution is 5.94. The molecule has 1 saturated carbocycles. The molecule has 1 aromatic rings. The highest BCUT2D eigenvalue weighted by atomic mass is 16.5. The van der Waals surface area contributed by atoms with Crippen LogP contribution in [0, 0.1) is 5.92 Å². The zero-order chi connectivity index (χ0) is 17.0. The van der Waals surface area contributed by atoms with Gasteiger partial charge in [0.25, 0.3) is 5.91 Å². The molecule has 5 heteroatoms. The average molecular weight is 321 g/mol. The number of benzene rings is 1. The fourth-order valence-electron chi connectivity index (χ4n) is 2.60. The minimum absolute atomic E-state index is 0.0459. The number of carbonyl (C=O) groups excluding carboxylic acids is 1. The molecule has 0 bridgehead atoms. The van der Waals surface area contributed by atoms with Gasteiger partial charge in [-0.1, -0.05) is 0 Å². The van der Waals surface area contributed by atoms with Gasteiger partial charge in [0, 0.05) is 19.2 Å². The molecule has 5 nitrogen and oxygen atoms in total. The molecule has 2 rings (SSSR count). The van der Waals surface area contributed by atoms with E-state index in [4.69, 9.17) is 14.2 Å². The van der Waals surface area contributed by atoms with Crippen LogP contribution in [-0.2, 0) is 4.74 Å². The van der Waals surface area contributed by atoms with Gasteiger partial charge in [0.1, 0.15) is 0 Å². The third kappa shape index (κ3) is 4.38. The van der Waals surface area contributed by atoms with E-state index < -0.39 is 0 Å². The van der Waals surface area contributed by atoms with Gasteiger partial charge in [-0.15, -0.1) is 0 Å². The quantitative estimate of drug-likeness (QED) is 0.799. The second kappa shape index (κ2) is 7.21. The second-order valence-corrected chi connectivity index (χ2v) is 6.51. The van der Waals surface area contributed by atoms with Crippen LogP contribution in [0.25, 0.3) is 0 Å². The van der Waals surface area contributed by atoms with E-state index in [1.54, 1.807) is 32.4 Å². The molecule has 0 spiro atoms. The van der Waals surface area contributed by atoms with Crippen molar-refractivity contribution in [3.8, 4) is 11.5 Å². The molecule has 1 aromatic carbocycles. The lowest BCUT2D eigenvalue weighted by Gasteiger charge is -2.28. The average Bonchev–Trinajstić information content (AvgIpc) is 3.37. The molecular weight excluding hydrogens is 294 g/mol. The Hall–Kier alpha value is -1.75. The zero-order valence-electron chi connectivity index (χ0n) is 14.6. The summed E-state index contributed by atoms with van der Waals surface area (Å²) in [5, 5.41) is 2.96. The Labute approximate surface area is 138 Å². The monoisotopic (exact) mass is 321 g/mol. The van der Waals surface area contributed by atoms with E-state index in [9.17, 15) is 4.79 Å². The van der Waals surface area contributed by atoms with E-state index in [1.807, 2.05) is 20.8 Å². The van der Waals surface area contributed by atoms with Gasteiger partial charge in [-0.05, 0) is 57.7 Å². The maximum atomic E-state index is 12.4. The second-order valence-electron chi connectivity index (χ2n) is 6.51. The molecule has 0 unspecified atom stereocenters. The summed E-state index contributed by atoms with van der Waals surface area (Å²) in [7, 11) is 3.27. The predicted octanol–water partition coefficient (Wildman–Crippen LogP) is 3.03. The van der Waals surface area contributed by atoms with Gasteiger partial charge in [0.15, 0.2) is 11.5 Å². The lowest BCUT2D eigenvalue weighted by Crippen LogP contribution is -2.43. The molecule has 1 aliphatic rings. The Bertz CT molecular complexity index is 554. The lowest BCUT2D eigenvalue weighted by molar-refractivity contribution is -0.0112. The van der Waals surface area contributed by atoms with E-state index in [2.05, 4.69) is 5.32 Å². The van der Waals surface area contributed by atoms with Gasteiger partial charge in [0.2, 0.25) is 0 Å². The number of carbonyl (C=O) groups is 1. The largest absolute Gasteiger partial charge is 0.493 e. The fourth-order valence-corrected chi connectivity index (χ4v) is 2.60. The summed E-state index contributed by atoms with van der Waals surface area (Å²) < 4.78 is 16.6. The van der Waals surface area contributed by atoms with Crippen LogP contribution in [0.5, 0.6) is 11.5 Å². The van der Waals surface area contributed by atoms with Gasteiger partial charge in [-0.2, -0.15) is 0 Å². The van der Waals surface area contributed by atoms with E-state index in [0.717, 1.165) is 12.8 Å². The molecule has 1 fully saturated rings. The molecule has 1 amide bonds. The summed E-state index contributed by atoms with van der Waals surface area (Å²) in [6.07, 6.45) is 2.37. The topological polar surface area (TPSA) is 56.8 Å². The Morgan fingerprint density at radius 3 is 2.52 bits per heavy atom. The van der Waals surface area contributed by atoms with Gasteiger partial charge >= 0.3 is 0 Å². The normalized spacial score (nSPS) is 16.8. The van der Waals surface area contributed by atoms with Gasteiger partial charge < -0.3 is 19.5 Å². The molecule has 1 atom stereocenters. The molecular formula is C18H27NO4. The summed E-state index contributed by atoms with van der Waals surface area (Å²) in [5.41, 5.74) is 0.257. The summed E-state index contributed by atoms with van der Waals surface area (Å²) in [6.45, 7) is 6.44. The summed E-state index contributed by atoms with van der Waals surface area (Å²) in [4.78, 5) is 12.4. The predicted molar refractivity (Wildman–Crippen MR) is 89.2 cm³/mol. The Balaban J connectivity index is 2.04. The molecule has 128 valence electrons. The smallest absolute Gasteiger partial charge is 0.251 e. The summed E-state index contributed by atoms with van der Waals surface area (Å²) in [6, 6.07) is 5.22. The molecule has 0 heterocycles. The first-order valence-corrected chi connectivity index (χ1v) is 8.07. The van der Waals surface area contributed by atoms with E-state index in [0.29, 0.717) is 29.5 Å². The molecule has 0 aromatic heterocycles. The Morgan fingerprint density at radius 2 is 2.00 bits per heavy atom. The Kier molecular flexibility index (Phi) is 5.52. The summed E-state index contributed by atoms with van der Waals surface area (Å²) in [5.74, 6) is 1.59. The number of nitrogens with one attached hydrogen (secondary N) is 1. The van der Waals surface area contributed by atoms with E-state index in [-0.39, 0.29) is 17.6 Å². The zero-order valence-corrected chi connectivity index (χ0v) is 14.6. The van der Waals surface area contributed by atoms with Gasteiger partial charge in [-0.25, -0.2) is 0 Å². The first-order chi connectivity index (χ1) is 10.9. The van der Waals surface area contributed by atoms with Crippen molar-refractivity contribution >= 4 is 5.91 Å². The number of hydrogen-bond donors (Lipinski definition) is 1. The van der Waals surface area contributed by atoms with Crippen molar-refractivity contribution in [3.05, 3.63) is 23.8 Å². The number of amides is 1. The van der Waals surface area contributed by atoms with Crippen molar-refractivity contribution in [1.82, 2.24) is 5.32 Å². The molecule has 23 heavy (non-hydrogen) atoms. The maximum Gasteiger partial charge on any atom is 0.251 e. The molecule has 1 aliphatic carbocycles. The molecule has 0 saturated heterocycles. The standard InChI is InChI=1S/C18H27NO4/c1-12(2)23-15-9-6-13(10-16(15)21-4)17(20)19-11-18(3,22-5)14-7-8-14/h6,9-10,12,14H,7-8,11H2,1-5H3,(H,19,20)/t18-/m1/s1. The molecule has 0 radical (unpaired) electrons. The lowest BCUT2D eigenvalue weighted by atomic mass is 10.00. The van der Waals surface area contributed by atoms with Gasteiger partial charge in [-0.3, -0.25) is 4.79 Å². The van der Waals surface area contributed by atoms with Crippen LogP contribution >= 0.6 is 0 Å². The third-order valence-electron chi connectivity index (χ3n) is 4.30. The first-order valence-electron chi connectivity index (χ1n) is 8.07. The van der Waals surface area contributed by atoms with Crippen LogP contribution in [-0.4, -0.2) is 38.4 Å². The highest BCUT2D eigenvalue weighted by Gasteiger charge is 2.41. The van der Waals surface area contributed by atoms with Crippen molar-refractivity contribution < 1.29 is 19.0 Å². The molecule has 0 aliphatic heterocycles. The van der Waals surface area contributed by atoms with Crippen LogP contribution in [0.2, 0.25) is 0 Å². The van der Waals surface area contributed by atoms with Gasteiger partial charge in [0.05, 0.1) is 18.8 Å². The van der Waals surface area contributed by atoms with Crippen molar-refractivity contribution in [3.63, 3.8) is 0 Å².